The predicted octanol–water partition coefficient (Wildman–Crippen LogP) is 6.35. The molecule has 1 aliphatic carbocycles. The second-order valence-electron chi connectivity index (χ2n) is 7.17. The summed E-state index contributed by atoms with van der Waals surface area (Å²) in [5.74, 6) is 0.128. The number of thiophene rings is 2. The van der Waals surface area contributed by atoms with Crippen LogP contribution in [0.1, 0.15) is 46.9 Å². The van der Waals surface area contributed by atoms with Crippen LogP contribution in [-0.2, 0) is 17.9 Å². The van der Waals surface area contributed by atoms with Crippen molar-refractivity contribution in [2.45, 2.75) is 57.4 Å². The lowest BCUT2D eigenvalue weighted by Crippen LogP contribution is -2.31. The summed E-state index contributed by atoms with van der Waals surface area (Å²) >= 11 is 9.53. The van der Waals surface area contributed by atoms with Crippen LogP contribution in [0.2, 0.25) is 5.15 Å². The van der Waals surface area contributed by atoms with Gasteiger partial charge in [0.05, 0.1) is 22.5 Å². The molecule has 0 radical (unpaired) electrons. The number of nitrogens with two attached hydrogens (primary N) is 1. The minimum atomic E-state index is -2.84. The van der Waals surface area contributed by atoms with E-state index in [0.717, 1.165) is 40.9 Å². The highest BCUT2D eigenvalue weighted by Crippen LogP contribution is 2.44. The largest absolute Gasteiger partial charge is 0.379 e. The van der Waals surface area contributed by atoms with Gasteiger partial charge in [-0.25, -0.2) is 4.98 Å². The number of hydrogen-bond acceptors (Lipinski definition) is 6. The van der Waals surface area contributed by atoms with Gasteiger partial charge in [-0.05, 0) is 24.3 Å². The van der Waals surface area contributed by atoms with Gasteiger partial charge in [0.25, 0.3) is 0 Å². The van der Waals surface area contributed by atoms with Gasteiger partial charge in [-0.1, -0.05) is 30.5 Å². The number of halogens is 3. The Morgan fingerprint density at radius 1 is 1.34 bits per heavy atom. The fourth-order valence-electron chi connectivity index (χ4n) is 3.90. The zero-order chi connectivity index (χ0) is 20.4. The normalized spacial score (nSPS) is 19.9. The summed E-state index contributed by atoms with van der Waals surface area (Å²) < 4.78 is 31.2. The van der Waals surface area contributed by atoms with Crippen molar-refractivity contribution < 1.29 is 13.5 Å². The number of hydrogen-bond donors (Lipinski definition) is 2. The van der Waals surface area contributed by atoms with Crippen molar-refractivity contribution >= 4 is 50.2 Å². The molecule has 9 heteroatoms. The average Bonchev–Trinajstić information content (AvgIpc) is 3.32. The molecule has 0 unspecified atom stereocenters. The van der Waals surface area contributed by atoms with Crippen LogP contribution < -0.4 is 11.1 Å². The van der Waals surface area contributed by atoms with E-state index in [0.29, 0.717) is 22.8 Å². The molecule has 0 spiro atoms. The third-order valence-corrected chi connectivity index (χ3v) is 7.74. The molecule has 2 atom stereocenters. The van der Waals surface area contributed by atoms with Crippen molar-refractivity contribution in [3.8, 4) is 0 Å². The molecule has 1 fully saturated rings. The van der Waals surface area contributed by atoms with E-state index in [2.05, 4.69) is 16.4 Å². The van der Waals surface area contributed by atoms with Crippen LogP contribution in [0, 0.1) is 0 Å². The second kappa shape index (κ2) is 9.22. The van der Waals surface area contributed by atoms with Crippen molar-refractivity contribution in [3.63, 3.8) is 0 Å². The number of ether oxygens (including phenoxy) is 1. The quantitative estimate of drug-likeness (QED) is 0.406. The number of alkyl halides is 2. The lowest BCUT2D eigenvalue weighted by molar-refractivity contribution is -0.137. The third kappa shape index (κ3) is 4.72. The SMILES string of the molecule is N[C@@H]1CCCC[C@H]1c1sc2c(NCc3cccs3)cc(Cl)nc2c1COC(F)F. The zero-order valence-corrected chi connectivity index (χ0v) is 18.1. The van der Waals surface area contributed by atoms with Crippen molar-refractivity contribution in [2.24, 2.45) is 5.73 Å². The Labute approximate surface area is 181 Å². The number of nitrogens with one attached hydrogen (secondary N) is 1. The van der Waals surface area contributed by atoms with Crippen molar-refractivity contribution in [2.75, 3.05) is 5.32 Å². The molecule has 156 valence electrons. The Bertz CT molecular complexity index is 964. The summed E-state index contributed by atoms with van der Waals surface area (Å²) in [4.78, 5) is 6.67. The molecule has 0 aliphatic heterocycles. The van der Waals surface area contributed by atoms with Crippen LogP contribution in [0.4, 0.5) is 14.5 Å². The third-order valence-electron chi connectivity index (χ3n) is 5.28. The maximum atomic E-state index is 12.8. The fraction of sp³-hybridized carbons (Fsp3) is 0.450. The maximum Gasteiger partial charge on any atom is 0.345 e. The van der Waals surface area contributed by atoms with Crippen LogP contribution in [0.3, 0.4) is 0 Å². The molecule has 3 heterocycles. The topological polar surface area (TPSA) is 60.2 Å². The maximum absolute atomic E-state index is 12.8. The summed E-state index contributed by atoms with van der Waals surface area (Å²) in [7, 11) is 0. The first kappa shape index (κ1) is 20.9. The standard InChI is InChI=1S/C20H22ClF2N3OS2/c21-16-8-15(25-9-11-4-3-7-28-11)19-17(26-16)13(10-27-20(22)23)18(29-19)12-5-1-2-6-14(12)24/h3-4,7-8,12,14,20H,1-2,5-6,9-10,24H2,(H,25,26)/t12-,14-/m1/s1. The monoisotopic (exact) mass is 457 g/mol. The number of rotatable bonds is 7. The van der Waals surface area contributed by atoms with Crippen LogP contribution >= 0.6 is 34.3 Å². The first-order valence-electron chi connectivity index (χ1n) is 9.56. The Balaban J connectivity index is 1.76. The second-order valence-corrected chi connectivity index (χ2v) is 9.65. The first-order chi connectivity index (χ1) is 14.0. The van der Waals surface area contributed by atoms with Gasteiger partial charge in [-0.2, -0.15) is 8.78 Å². The molecule has 0 aromatic carbocycles. The Morgan fingerprint density at radius 3 is 2.90 bits per heavy atom. The molecule has 0 saturated heterocycles. The van der Waals surface area contributed by atoms with Gasteiger partial charge in [-0.15, -0.1) is 22.7 Å². The minimum absolute atomic E-state index is 0.0140. The first-order valence-corrected chi connectivity index (χ1v) is 11.6. The van der Waals surface area contributed by atoms with Crippen LogP contribution in [0.15, 0.2) is 23.6 Å². The number of nitrogens with zero attached hydrogens (tertiary/aromatic N) is 1. The molecule has 0 bridgehead atoms. The Kier molecular flexibility index (Phi) is 6.66. The smallest absolute Gasteiger partial charge is 0.345 e. The summed E-state index contributed by atoms with van der Waals surface area (Å²) in [6, 6.07) is 5.86. The van der Waals surface area contributed by atoms with E-state index in [-0.39, 0.29) is 18.6 Å². The zero-order valence-electron chi connectivity index (χ0n) is 15.7. The number of aromatic nitrogens is 1. The van der Waals surface area contributed by atoms with Gasteiger partial charge in [0.15, 0.2) is 0 Å². The average molecular weight is 458 g/mol. The highest BCUT2D eigenvalue weighted by molar-refractivity contribution is 7.20. The highest BCUT2D eigenvalue weighted by atomic mass is 35.5. The van der Waals surface area contributed by atoms with Gasteiger partial charge >= 0.3 is 6.61 Å². The van der Waals surface area contributed by atoms with Crippen LogP contribution in [0.25, 0.3) is 10.2 Å². The molecule has 0 amide bonds. The summed E-state index contributed by atoms with van der Waals surface area (Å²) in [6.07, 6.45) is 4.07. The molecule has 4 rings (SSSR count). The van der Waals surface area contributed by atoms with Gasteiger partial charge in [0.2, 0.25) is 0 Å². The number of pyridine rings is 1. The number of fused-ring (bicyclic) bond motifs is 1. The molecule has 1 aliphatic rings. The van der Waals surface area contributed by atoms with E-state index < -0.39 is 6.61 Å². The number of anilines is 1. The van der Waals surface area contributed by atoms with Gasteiger partial charge in [-0.3, -0.25) is 0 Å². The predicted molar refractivity (Wildman–Crippen MR) is 116 cm³/mol. The molecule has 29 heavy (non-hydrogen) atoms. The van der Waals surface area contributed by atoms with Crippen molar-refractivity contribution in [1.29, 1.82) is 0 Å². The molecule has 4 nitrogen and oxygen atoms in total. The van der Waals surface area contributed by atoms with E-state index in [4.69, 9.17) is 22.1 Å². The molecule has 3 aromatic rings. The molecular formula is C20H22ClF2N3OS2. The molecular weight excluding hydrogens is 436 g/mol. The summed E-state index contributed by atoms with van der Waals surface area (Å²) in [6.45, 7) is -2.38. The van der Waals surface area contributed by atoms with E-state index in [1.165, 1.54) is 4.88 Å². The van der Waals surface area contributed by atoms with E-state index in [9.17, 15) is 8.78 Å². The minimum Gasteiger partial charge on any atom is -0.379 e. The van der Waals surface area contributed by atoms with Crippen LogP contribution in [-0.4, -0.2) is 17.6 Å². The van der Waals surface area contributed by atoms with Gasteiger partial charge in [0, 0.05) is 39.9 Å². The lowest BCUT2D eigenvalue weighted by Gasteiger charge is -2.28. The molecule has 1 saturated carbocycles. The van der Waals surface area contributed by atoms with Gasteiger partial charge < -0.3 is 15.8 Å². The Morgan fingerprint density at radius 2 is 2.17 bits per heavy atom. The van der Waals surface area contributed by atoms with E-state index in [1.54, 1.807) is 28.7 Å². The lowest BCUT2D eigenvalue weighted by atomic mass is 9.83. The highest BCUT2D eigenvalue weighted by Gasteiger charge is 2.30. The van der Waals surface area contributed by atoms with Crippen molar-refractivity contribution in [3.05, 3.63) is 44.1 Å². The summed E-state index contributed by atoms with van der Waals surface area (Å²) in [5.41, 5.74) is 8.58. The van der Waals surface area contributed by atoms with E-state index in [1.807, 2.05) is 11.4 Å². The van der Waals surface area contributed by atoms with Crippen molar-refractivity contribution in [1.82, 2.24) is 4.98 Å². The van der Waals surface area contributed by atoms with Crippen LogP contribution in [0.5, 0.6) is 0 Å². The Hall–Kier alpha value is -1.32. The van der Waals surface area contributed by atoms with Gasteiger partial charge in [0.1, 0.15) is 5.15 Å². The molecule has 3 aromatic heterocycles. The molecule has 3 N–H and O–H groups in total. The fourth-order valence-corrected chi connectivity index (χ4v) is 6.18. The van der Waals surface area contributed by atoms with E-state index >= 15 is 0 Å². The summed E-state index contributed by atoms with van der Waals surface area (Å²) in [5, 5.41) is 5.78.